The SMILES string of the molecule is CC(C)N(C(=O)OC(C)(C)C)c1ccc([C@H]2CCCN2C=O)cn1. The minimum atomic E-state index is -0.557. The maximum atomic E-state index is 12.4. The molecule has 0 aromatic carbocycles. The number of rotatable bonds is 4. The lowest BCUT2D eigenvalue weighted by atomic mass is 10.1. The van der Waals surface area contributed by atoms with Crippen molar-refractivity contribution in [3.63, 3.8) is 0 Å². The number of ether oxygens (including phenoxy) is 1. The number of likely N-dealkylation sites (tertiary alicyclic amines) is 1. The van der Waals surface area contributed by atoms with E-state index in [2.05, 4.69) is 4.98 Å². The van der Waals surface area contributed by atoms with Gasteiger partial charge < -0.3 is 9.64 Å². The average Bonchev–Trinajstić information content (AvgIpc) is 2.94. The predicted molar refractivity (Wildman–Crippen MR) is 92.8 cm³/mol. The smallest absolute Gasteiger partial charge is 0.416 e. The van der Waals surface area contributed by atoms with Gasteiger partial charge in [0.05, 0.1) is 6.04 Å². The number of carbonyl (C=O) groups is 2. The van der Waals surface area contributed by atoms with Crippen molar-refractivity contribution in [2.45, 2.75) is 65.1 Å². The molecule has 2 amide bonds. The van der Waals surface area contributed by atoms with Crippen LogP contribution in [-0.2, 0) is 9.53 Å². The lowest BCUT2D eigenvalue weighted by molar-refractivity contribution is -0.118. The third kappa shape index (κ3) is 4.24. The van der Waals surface area contributed by atoms with Crippen LogP contribution in [0.1, 0.15) is 59.1 Å². The zero-order valence-electron chi connectivity index (χ0n) is 15.2. The van der Waals surface area contributed by atoms with Crippen LogP contribution in [0.3, 0.4) is 0 Å². The first-order valence-electron chi connectivity index (χ1n) is 8.42. The Bertz CT molecular complexity index is 578. The Kier molecular flexibility index (Phi) is 5.47. The second kappa shape index (κ2) is 7.20. The average molecular weight is 333 g/mol. The quantitative estimate of drug-likeness (QED) is 0.791. The largest absolute Gasteiger partial charge is 0.443 e. The molecule has 1 aliphatic rings. The van der Waals surface area contributed by atoms with Gasteiger partial charge in [0.2, 0.25) is 6.41 Å². The van der Waals surface area contributed by atoms with Gasteiger partial charge in [-0.2, -0.15) is 0 Å². The van der Waals surface area contributed by atoms with Gasteiger partial charge in [-0.25, -0.2) is 9.78 Å². The Morgan fingerprint density at radius 1 is 1.42 bits per heavy atom. The van der Waals surface area contributed by atoms with Gasteiger partial charge in [-0.15, -0.1) is 0 Å². The molecule has 24 heavy (non-hydrogen) atoms. The first-order valence-corrected chi connectivity index (χ1v) is 8.42. The number of hydrogen-bond donors (Lipinski definition) is 0. The van der Waals surface area contributed by atoms with Gasteiger partial charge in [-0.3, -0.25) is 9.69 Å². The van der Waals surface area contributed by atoms with Crippen LogP contribution in [0.4, 0.5) is 10.6 Å². The highest BCUT2D eigenvalue weighted by Crippen LogP contribution is 2.31. The van der Waals surface area contributed by atoms with E-state index in [4.69, 9.17) is 4.74 Å². The monoisotopic (exact) mass is 333 g/mol. The normalized spacial score (nSPS) is 17.9. The molecule has 6 heteroatoms. The van der Waals surface area contributed by atoms with Crippen LogP contribution in [0.25, 0.3) is 0 Å². The van der Waals surface area contributed by atoms with Crippen molar-refractivity contribution in [3.05, 3.63) is 23.9 Å². The van der Waals surface area contributed by atoms with Crippen molar-refractivity contribution >= 4 is 18.3 Å². The van der Waals surface area contributed by atoms with Crippen molar-refractivity contribution in [3.8, 4) is 0 Å². The molecular weight excluding hydrogens is 306 g/mol. The van der Waals surface area contributed by atoms with Crippen molar-refractivity contribution in [1.29, 1.82) is 0 Å². The predicted octanol–water partition coefficient (Wildman–Crippen LogP) is 3.52. The number of anilines is 1. The summed E-state index contributed by atoms with van der Waals surface area (Å²) < 4.78 is 5.47. The highest BCUT2D eigenvalue weighted by atomic mass is 16.6. The lowest BCUT2D eigenvalue weighted by Gasteiger charge is -2.29. The Morgan fingerprint density at radius 2 is 2.12 bits per heavy atom. The molecule has 0 N–H and O–H groups in total. The number of pyridine rings is 1. The highest BCUT2D eigenvalue weighted by molar-refractivity contribution is 5.87. The van der Waals surface area contributed by atoms with E-state index in [-0.39, 0.29) is 12.1 Å². The molecule has 2 rings (SSSR count). The highest BCUT2D eigenvalue weighted by Gasteiger charge is 2.28. The number of carbonyl (C=O) groups excluding carboxylic acids is 2. The first kappa shape index (κ1) is 18.2. The fraction of sp³-hybridized carbons (Fsp3) is 0.611. The molecule has 0 saturated carbocycles. The van der Waals surface area contributed by atoms with Gasteiger partial charge in [0, 0.05) is 18.8 Å². The van der Waals surface area contributed by atoms with Crippen LogP contribution < -0.4 is 4.90 Å². The summed E-state index contributed by atoms with van der Waals surface area (Å²) in [5.74, 6) is 0.554. The van der Waals surface area contributed by atoms with E-state index in [9.17, 15) is 9.59 Å². The molecule has 0 bridgehead atoms. The zero-order valence-corrected chi connectivity index (χ0v) is 15.2. The molecule has 0 aliphatic carbocycles. The number of nitrogens with zero attached hydrogens (tertiary/aromatic N) is 3. The molecule has 6 nitrogen and oxygen atoms in total. The molecule has 1 aromatic rings. The van der Waals surface area contributed by atoms with Crippen LogP contribution in [0.5, 0.6) is 0 Å². The molecule has 1 aromatic heterocycles. The minimum absolute atomic E-state index is 0.0730. The molecule has 1 atom stereocenters. The Labute approximate surface area is 143 Å². The lowest BCUT2D eigenvalue weighted by Crippen LogP contribution is -2.41. The van der Waals surface area contributed by atoms with Gasteiger partial charge in [-0.1, -0.05) is 6.07 Å². The summed E-state index contributed by atoms with van der Waals surface area (Å²) in [5, 5.41) is 0. The van der Waals surface area contributed by atoms with Gasteiger partial charge in [0.15, 0.2) is 0 Å². The van der Waals surface area contributed by atoms with Gasteiger partial charge in [0.1, 0.15) is 11.4 Å². The maximum Gasteiger partial charge on any atom is 0.416 e. The zero-order chi connectivity index (χ0) is 17.9. The van der Waals surface area contributed by atoms with Crippen molar-refractivity contribution in [1.82, 2.24) is 9.88 Å². The van der Waals surface area contributed by atoms with Gasteiger partial charge >= 0.3 is 6.09 Å². The van der Waals surface area contributed by atoms with E-state index >= 15 is 0 Å². The maximum absolute atomic E-state index is 12.4. The summed E-state index contributed by atoms with van der Waals surface area (Å²) in [5.41, 5.74) is 0.439. The summed E-state index contributed by atoms with van der Waals surface area (Å²) in [4.78, 5) is 31.3. The second-order valence-electron chi connectivity index (χ2n) is 7.40. The van der Waals surface area contributed by atoms with Crippen LogP contribution >= 0.6 is 0 Å². The molecule has 0 unspecified atom stereocenters. The van der Waals surface area contributed by atoms with E-state index in [1.165, 1.54) is 0 Å². The molecule has 0 spiro atoms. The molecule has 2 heterocycles. The van der Waals surface area contributed by atoms with Gasteiger partial charge in [0.25, 0.3) is 0 Å². The summed E-state index contributed by atoms with van der Waals surface area (Å²) >= 11 is 0. The molecule has 1 fully saturated rings. The molecule has 132 valence electrons. The summed E-state index contributed by atoms with van der Waals surface area (Å²) in [6.07, 6.45) is 4.18. The molecule has 0 radical (unpaired) electrons. The Balaban J connectivity index is 2.20. The fourth-order valence-corrected chi connectivity index (χ4v) is 2.89. The third-order valence-electron chi connectivity index (χ3n) is 3.94. The second-order valence-corrected chi connectivity index (χ2v) is 7.40. The van der Waals surface area contributed by atoms with Crippen molar-refractivity contribution in [2.24, 2.45) is 0 Å². The number of aromatic nitrogens is 1. The molecule has 1 aliphatic heterocycles. The Morgan fingerprint density at radius 3 is 2.62 bits per heavy atom. The van der Waals surface area contributed by atoms with E-state index in [1.54, 1.807) is 16.0 Å². The Hall–Kier alpha value is -2.11. The van der Waals surface area contributed by atoms with E-state index in [0.29, 0.717) is 5.82 Å². The van der Waals surface area contributed by atoms with E-state index in [1.807, 2.05) is 46.8 Å². The topological polar surface area (TPSA) is 62.7 Å². The van der Waals surface area contributed by atoms with Crippen LogP contribution in [0.2, 0.25) is 0 Å². The van der Waals surface area contributed by atoms with E-state index in [0.717, 1.165) is 31.4 Å². The number of hydrogen-bond acceptors (Lipinski definition) is 4. The standard InChI is InChI=1S/C18H27N3O3/c1-13(2)21(17(23)24-18(3,4)5)16-9-8-14(11-19-16)15-7-6-10-20(15)12-22/h8-9,11-13,15H,6-7,10H2,1-5H3/t15-/m1/s1. The number of amides is 2. The summed E-state index contributed by atoms with van der Waals surface area (Å²) in [6.45, 7) is 10.2. The van der Waals surface area contributed by atoms with Crippen LogP contribution in [0, 0.1) is 0 Å². The van der Waals surface area contributed by atoms with E-state index < -0.39 is 11.7 Å². The summed E-state index contributed by atoms with van der Waals surface area (Å²) in [7, 11) is 0. The van der Waals surface area contributed by atoms with Crippen LogP contribution in [0.15, 0.2) is 18.3 Å². The summed E-state index contributed by atoms with van der Waals surface area (Å²) in [6, 6.07) is 3.77. The third-order valence-corrected chi connectivity index (χ3v) is 3.94. The van der Waals surface area contributed by atoms with Crippen molar-refractivity contribution < 1.29 is 14.3 Å². The fourth-order valence-electron chi connectivity index (χ4n) is 2.89. The first-order chi connectivity index (χ1) is 11.2. The van der Waals surface area contributed by atoms with Gasteiger partial charge in [-0.05, 0) is 59.1 Å². The molecule has 1 saturated heterocycles. The van der Waals surface area contributed by atoms with Crippen LogP contribution in [-0.4, -0.2) is 40.6 Å². The van der Waals surface area contributed by atoms with Crippen molar-refractivity contribution in [2.75, 3.05) is 11.4 Å². The molecular formula is C18H27N3O3. The minimum Gasteiger partial charge on any atom is -0.443 e.